The van der Waals surface area contributed by atoms with E-state index < -0.39 is 28.7 Å². The summed E-state index contributed by atoms with van der Waals surface area (Å²) in [5, 5.41) is 19.7. The Bertz CT molecular complexity index is 806. The number of rotatable bonds is 5. The number of carboxylic acids is 2. The number of aliphatic carboxylic acids is 2. The predicted octanol–water partition coefficient (Wildman–Crippen LogP) is 2.47. The van der Waals surface area contributed by atoms with E-state index in [1.165, 1.54) is 6.20 Å². The first kappa shape index (κ1) is 15.4. The van der Waals surface area contributed by atoms with Gasteiger partial charge in [0.2, 0.25) is 0 Å². The Morgan fingerprint density at radius 2 is 1.74 bits per heavy atom. The molecule has 0 saturated heterocycles. The van der Waals surface area contributed by atoms with Crippen molar-refractivity contribution in [1.82, 2.24) is 9.97 Å². The van der Waals surface area contributed by atoms with Crippen LogP contribution in [0.3, 0.4) is 0 Å². The molecule has 1 fully saturated rings. The summed E-state index contributed by atoms with van der Waals surface area (Å²) in [6, 6.07) is 5.04. The van der Waals surface area contributed by atoms with Crippen LogP contribution in [0.4, 0.5) is 0 Å². The summed E-state index contributed by atoms with van der Waals surface area (Å²) in [5.74, 6) is -2.57. The standard InChI is InChI=1S/C17H18N2O4/c1-3-13-16(4-2,14(20)21)17(13,15(22)23)10-5-6-11-12(9-10)19-8-7-18-11/h5-9,13H,3-4H2,1-2H3,(H,20,21)(H,22,23). The van der Waals surface area contributed by atoms with Crippen molar-refractivity contribution in [2.45, 2.75) is 32.1 Å². The van der Waals surface area contributed by atoms with Crippen LogP contribution < -0.4 is 0 Å². The van der Waals surface area contributed by atoms with Gasteiger partial charge < -0.3 is 10.2 Å². The molecule has 0 spiro atoms. The zero-order valence-corrected chi connectivity index (χ0v) is 13.0. The van der Waals surface area contributed by atoms with E-state index in [4.69, 9.17) is 0 Å². The van der Waals surface area contributed by atoms with Gasteiger partial charge in [-0.1, -0.05) is 26.3 Å². The molecule has 1 aliphatic carbocycles. The highest BCUT2D eigenvalue weighted by atomic mass is 16.4. The number of carboxylic acid groups (broad SMARTS) is 2. The van der Waals surface area contributed by atoms with Crippen molar-refractivity contribution >= 4 is 23.0 Å². The highest BCUT2D eigenvalue weighted by molar-refractivity contribution is 6.00. The van der Waals surface area contributed by atoms with Gasteiger partial charge in [-0.3, -0.25) is 19.6 Å². The van der Waals surface area contributed by atoms with Gasteiger partial charge in [-0.15, -0.1) is 0 Å². The largest absolute Gasteiger partial charge is 0.481 e. The molecule has 1 aliphatic rings. The Kier molecular flexibility index (Phi) is 3.35. The molecule has 3 rings (SSSR count). The van der Waals surface area contributed by atoms with Crippen LogP contribution in [-0.4, -0.2) is 32.1 Å². The van der Waals surface area contributed by atoms with E-state index in [0.717, 1.165) is 0 Å². The average Bonchev–Trinajstić information content (AvgIpc) is 3.19. The van der Waals surface area contributed by atoms with Crippen molar-refractivity contribution in [3.8, 4) is 0 Å². The van der Waals surface area contributed by atoms with Crippen molar-refractivity contribution in [2.75, 3.05) is 0 Å². The van der Waals surface area contributed by atoms with E-state index in [1.54, 1.807) is 31.3 Å². The third-order valence-corrected chi connectivity index (χ3v) is 5.35. The fraction of sp³-hybridized carbons (Fsp3) is 0.412. The highest BCUT2D eigenvalue weighted by Gasteiger charge is 2.83. The summed E-state index contributed by atoms with van der Waals surface area (Å²) in [4.78, 5) is 32.5. The number of hydrogen-bond acceptors (Lipinski definition) is 4. The SMILES string of the molecule is CCC1C(CC)(C(=O)O)C1(C(=O)O)c1ccc2nccnc2c1. The Balaban J connectivity index is 2.26. The van der Waals surface area contributed by atoms with Crippen LogP contribution in [0.15, 0.2) is 30.6 Å². The van der Waals surface area contributed by atoms with Crippen LogP contribution in [-0.2, 0) is 15.0 Å². The Hall–Kier alpha value is -2.50. The van der Waals surface area contributed by atoms with Crippen LogP contribution in [0.5, 0.6) is 0 Å². The molecule has 0 aliphatic heterocycles. The molecule has 6 heteroatoms. The maximum Gasteiger partial charge on any atom is 0.315 e. The molecule has 2 N–H and O–H groups in total. The highest BCUT2D eigenvalue weighted by Crippen LogP contribution is 2.73. The lowest BCUT2D eigenvalue weighted by molar-refractivity contribution is -0.150. The maximum atomic E-state index is 12.2. The van der Waals surface area contributed by atoms with Crippen LogP contribution in [0.25, 0.3) is 11.0 Å². The first-order chi connectivity index (χ1) is 11.0. The number of hydrogen-bond donors (Lipinski definition) is 2. The summed E-state index contributed by atoms with van der Waals surface area (Å²) in [6.45, 7) is 3.58. The first-order valence-electron chi connectivity index (χ1n) is 7.64. The topological polar surface area (TPSA) is 100 Å². The van der Waals surface area contributed by atoms with Crippen LogP contribution in [0, 0.1) is 11.3 Å². The lowest BCUT2D eigenvalue weighted by Crippen LogP contribution is -2.32. The van der Waals surface area contributed by atoms with Crippen molar-refractivity contribution in [1.29, 1.82) is 0 Å². The van der Waals surface area contributed by atoms with E-state index in [0.29, 0.717) is 23.0 Å². The van der Waals surface area contributed by atoms with E-state index in [2.05, 4.69) is 9.97 Å². The number of aromatic nitrogens is 2. The lowest BCUT2D eigenvalue weighted by atomic mass is 9.84. The fourth-order valence-corrected chi connectivity index (χ4v) is 4.40. The minimum Gasteiger partial charge on any atom is -0.481 e. The Labute approximate surface area is 133 Å². The smallest absolute Gasteiger partial charge is 0.315 e. The first-order valence-corrected chi connectivity index (χ1v) is 7.64. The van der Waals surface area contributed by atoms with Crippen molar-refractivity contribution in [3.63, 3.8) is 0 Å². The summed E-state index contributed by atoms with van der Waals surface area (Å²) in [6.07, 6.45) is 3.86. The minimum absolute atomic E-state index is 0.269. The summed E-state index contributed by atoms with van der Waals surface area (Å²) in [5.41, 5.74) is -0.961. The molecule has 1 saturated carbocycles. The molecule has 0 amide bonds. The molecule has 6 nitrogen and oxygen atoms in total. The van der Waals surface area contributed by atoms with Gasteiger partial charge in [0.1, 0.15) is 5.41 Å². The minimum atomic E-state index is -1.41. The molecule has 2 aromatic rings. The molecule has 0 bridgehead atoms. The molecule has 120 valence electrons. The molecule has 23 heavy (non-hydrogen) atoms. The summed E-state index contributed by atoms with van der Waals surface area (Å²) >= 11 is 0. The van der Waals surface area contributed by atoms with Gasteiger partial charge in [0.15, 0.2) is 0 Å². The zero-order valence-electron chi connectivity index (χ0n) is 13.0. The molecule has 3 unspecified atom stereocenters. The number of fused-ring (bicyclic) bond motifs is 1. The van der Waals surface area contributed by atoms with E-state index in [1.807, 2.05) is 6.92 Å². The second kappa shape index (κ2) is 5.01. The predicted molar refractivity (Wildman–Crippen MR) is 83.0 cm³/mol. The van der Waals surface area contributed by atoms with Gasteiger partial charge in [0.25, 0.3) is 0 Å². The number of nitrogens with zero attached hydrogens (tertiary/aromatic N) is 2. The average molecular weight is 314 g/mol. The van der Waals surface area contributed by atoms with Gasteiger partial charge in [-0.05, 0) is 30.0 Å². The van der Waals surface area contributed by atoms with Crippen LogP contribution >= 0.6 is 0 Å². The number of benzene rings is 1. The molecule has 0 radical (unpaired) electrons. The van der Waals surface area contributed by atoms with E-state index in [-0.39, 0.29) is 6.42 Å². The van der Waals surface area contributed by atoms with Crippen molar-refractivity contribution in [3.05, 3.63) is 36.2 Å². The van der Waals surface area contributed by atoms with Gasteiger partial charge in [0, 0.05) is 12.4 Å². The van der Waals surface area contributed by atoms with Crippen molar-refractivity contribution in [2.24, 2.45) is 11.3 Å². The number of carbonyl (C=O) groups is 2. The van der Waals surface area contributed by atoms with E-state index >= 15 is 0 Å². The molecule has 3 atom stereocenters. The summed E-state index contributed by atoms with van der Waals surface area (Å²) < 4.78 is 0. The van der Waals surface area contributed by atoms with Crippen LogP contribution in [0.1, 0.15) is 32.3 Å². The third kappa shape index (κ3) is 1.69. The quantitative estimate of drug-likeness (QED) is 0.879. The van der Waals surface area contributed by atoms with Gasteiger partial charge in [-0.2, -0.15) is 0 Å². The zero-order chi connectivity index (χ0) is 16.8. The molecule has 1 heterocycles. The molecular weight excluding hydrogens is 296 g/mol. The monoisotopic (exact) mass is 314 g/mol. The van der Waals surface area contributed by atoms with Gasteiger partial charge in [-0.25, -0.2) is 0 Å². The van der Waals surface area contributed by atoms with Gasteiger partial charge >= 0.3 is 11.9 Å². The second-order valence-electron chi connectivity index (χ2n) is 5.96. The lowest BCUT2D eigenvalue weighted by Gasteiger charge is -2.18. The third-order valence-electron chi connectivity index (χ3n) is 5.35. The normalized spacial score (nSPS) is 29.4. The molecule has 1 aromatic heterocycles. The molecular formula is C17H18N2O4. The fourth-order valence-electron chi connectivity index (χ4n) is 4.40. The van der Waals surface area contributed by atoms with Gasteiger partial charge in [0.05, 0.1) is 16.4 Å². The second-order valence-corrected chi connectivity index (χ2v) is 5.96. The molecule has 1 aromatic carbocycles. The summed E-state index contributed by atoms with van der Waals surface area (Å²) in [7, 11) is 0. The van der Waals surface area contributed by atoms with E-state index in [9.17, 15) is 19.8 Å². The van der Waals surface area contributed by atoms with Crippen LogP contribution in [0.2, 0.25) is 0 Å². The Morgan fingerprint density at radius 1 is 1.09 bits per heavy atom. The Morgan fingerprint density at radius 3 is 2.22 bits per heavy atom. The maximum absolute atomic E-state index is 12.2. The van der Waals surface area contributed by atoms with Crippen molar-refractivity contribution < 1.29 is 19.8 Å².